The van der Waals surface area contributed by atoms with E-state index in [1.165, 1.54) is 11.3 Å². The minimum atomic E-state index is -0.451. The number of rotatable bonds is 4. The topological polar surface area (TPSA) is 72.5 Å². The van der Waals surface area contributed by atoms with Gasteiger partial charge < -0.3 is 15.6 Å². The second-order valence-corrected chi connectivity index (χ2v) is 4.65. The van der Waals surface area contributed by atoms with Gasteiger partial charge in [-0.15, -0.1) is 11.3 Å². The van der Waals surface area contributed by atoms with E-state index < -0.39 is 6.10 Å². The van der Waals surface area contributed by atoms with Crippen LogP contribution in [0.4, 0.5) is 5.69 Å². The smallest absolute Gasteiger partial charge is 0.348 e. The number of aryl methyl sites for hydroxylation is 1. The number of hydrogen-bond donors (Lipinski definition) is 2. The van der Waals surface area contributed by atoms with Gasteiger partial charge in [0.25, 0.3) is 0 Å². The largest absolute Gasteiger partial charge is 0.461 e. The Bertz CT molecular complexity index is 327. The van der Waals surface area contributed by atoms with Crippen LogP contribution in [-0.2, 0) is 4.74 Å². The summed E-state index contributed by atoms with van der Waals surface area (Å²) in [4.78, 5) is 12.9. The maximum absolute atomic E-state index is 11.4. The second kappa shape index (κ2) is 5.14. The van der Waals surface area contributed by atoms with E-state index in [2.05, 4.69) is 0 Å². The molecule has 0 aromatic carbocycles. The predicted octanol–water partition coefficient (Wildman–Crippen LogP) is 1.57. The van der Waals surface area contributed by atoms with Gasteiger partial charge in [-0.3, -0.25) is 0 Å². The lowest BCUT2D eigenvalue weighted by Crippen LogP contribution is -2.10. The highest BCUT2D eigenvalue weighted by atomic mass is 32.1. The average molecular weight is 229 g/mol. The molecule has 1 aromatic heterocycles. The normalized spacial score (nSPS) is 12.5. The Morgan fingerprint density at radius 1 is 1.73 bits per heavy atom. The van der Waals surface area contributed by atoms with E-state index in [1.54, 1.807) is 13.0 Å². The number of esters is 1. The van der Waals surface area contributed by atoms with Gasteiger partial charge in [0.15, 0.2) is 0 Å². The summed E-state index contributed by atoms with van der Waals surface area (Å²) in [6.45, 7) is 3.74. The summed E-state index contributed by atoms with van der Waals surface area (Å²) in [5, 5.41) is 8.98. The Morgan fingerprint density at radius 3 is 2.87 bits per heavy atom. The Kier molecular flexibility index (Phi) is 4.11. The van der Waals surface area contributed by atoms with Crippen LogP contribution in [0.3, 0.4) is 0 Å². The summed E-state index contributed by atoms with van der Waals surface area (Å²) >= 11 is 1.32. The second-order valence-electron chi connectivity index (χ2n) is 3.40. The molecule has 3 N–H and O–H groups in total. The molecule has 0 spiro atoms. The van der Waals surface area contributed by atoms with Crippen LogP contribution in [0.5, 0.6) is 0 Å². The van der Waals surface area contributed by atoms with Gasteiger partial charge in [-0.05, 0) is 19.9 Å². The molecule has 0 aliphatic rings. The van der Waals surface area contributed by atoms with E-state index in [0.29, 0.717) is 17.0 Å². The number of aliphatic hydroxyl groups is 1. The molecule has 0 saturated carbocycles. The van der Waals surface area contributed by atoms with Gasteiger partial charge >= 0.3 is 5.97 Å². The predicted molar refractivity (Wildman–Crippen MR) is 60.0 cm³/mol. The molecule has 1 rings (SSSR count). The highest BCUT2D eigenvalue weighted by molar-refractivity contribution is 7.14. The third-order valence-corrected chi connectivity index (χ3v) is 2.97. The molecule has 0 fully saturated rings. The van der Waals surface area contributed by atoms with Crippen LogP contribution in [0.15, 0.2) is 6.07 Å². The van der Waals surface area contributed by atoms with E-state index in [1.807, 2.05) is 6.92 Å². The molecule has 0 aliphatic heterocycles. The maximum atomic E-state index is 11.4. The first-order chi connectivity index (χ1) is 7.00. The van der Waals surface area contributed by atoms with Crippen LogP contribution in [0.2, 0.25) is 0 Å². The van der Waals surface area contributed by atoms with Gasteiger partial charge in [-0.1, -0.05) is 0 Å². The molecular formula is C10H15NO3S. The zero-order valence-electron chi connectivity index (χ0n) is 8.82. The van der Waals surface area contributed by atoms with Crippen LogP contribution < -0.4 is 5.73 Å². The van der Waals surface area contributed by atoms with Crippen molar-refractivity contribution in [3.63, 3.8) is 0 Å². The number of hydrogen-bond acceptors (Lipinski definition) is 5. The van der Waals surface area contributed by atoms with Crippen LogP contribution in [-0.4, -0.2) is 23.8 Å². The zero-order valence-corrected chi connectivity index (χ0v) is 9.63. The molecular weight excluding hydrogens is 214 g/mol. The third kappa shape index (κ3) is 3.53. The van der Waals surface area contributed by atoms with Crippen LogP contribution in [0, 0.1) is 6.92 Å². The molecule has 1 unspecified atom stereocenters. The van der Waals surface area contributed by atoms with E-state index in [9.17, 15) is 4.79 Å². The van der Waals surface area contributed by atoms with Crippen molar-refractivity contribution in [2.24, 2.45) is 0 Å². The summed E-state index contributed by atoms with van der Waals surface area (Å²) in [5.74, 6) is -0.375. The lowest BCUT2D eigenvalue weighted by Gasteiger charge is -2.04. The van der Waals surface area contributed by atoms with Gasteiger partial charge in [-0.25, -0.2) is 4.79 Å². The van der Waals surface area contributed by atoms with Crippen molar-refractivity contribution in [2.45, 2.75) is 26.4 Å². The van der Waals surface area contributed by atoms with Crippen molar-refractivity contribution >= 4 is 23.0 Å². The number of carbonyl (C=O) groups is 1. The SMILES string of the molecule is Cc1sc(C(=O)OCCC(C)O)cc1N. The fourth-order valence-electron chi connectivity index (χ4n) is 0.990. The molecule has 4 nitrogen and oxygen atoms in total. The fraction of sp³-hybridized carbons (Fsp3) is 0.500. The summed E-state index contributed by atoms with van der Waals surface area (Å²) in [6.07, 6.45) is -0.00100. The third-order valence-electron chi connectivity index (χ3n) is 1.93. The van der Waals surface area contributed by atoms with Crippen molar-refractivity contribution < 1.29 is 14.6 Å². The summed E-state index contributed by atoms with van der Waals surface area (Å²) in [5.41, 5.74) is 6.23. The van der Waals surface area contributed by atoms with E-state index in [0.717, 1.165) is 4.88 Å². The monoisotopic (exact) mass is 229 g/mol. The number of carbonyl (C=O) groups excluding carboxylic acids is 1. The van der Waals surface area contributed by atoms with Crippen LogP contribution >= 0.6 is 11.3 Å². The van der Waals surface area contributed by atoms with Gasteiger partial charge in [0.1, 0.15) is 4.88 Å². The quantitative estimate of drug-likeness (QED) is 0.769. The summed E-state index contributed by atoms with van der Waals surface area (Å²) < 4.78 is 4.96. The molecule has 15 heavy (non-hydrogen) atoms. The maximum Gasteiger partial charge on any atom is 0.348 e. The molecule has 1 atom stereocenters. The number of nitrogen functional groups attached to an aromatic ring is 1. The van der Waals surface area contributed by atoms with Crippen molar-refractivity contribution in [1.82, 2.24) is 0 Å². The zero-order chi connectivity index (χ0) is 11.4. The van der Waals surface area contributed by atoms with Gasteiger partial charge in [0.2, 0.25) is 0 Å². The Hall–Kier alpha value is -1.07. The molecule has 1 heterocycles. The molecule has 0 amide bonds. The van der Waals surface area contributed by atoms with E-state index in [-0.39, 0.29) is 12.6 Å². The van der Waals surface area contributed by atoms with Crippen molar-refractivity contribution in [2.75, 3.05) is 12.3 Å². The standard InChI is InChI=1S/C10H15NO3S/c1-6(12)3-4-14-10(13)9-5-8(11)7(2)15-9/h5-6,12H,3-4,11H2,1-2H3. The highest BCUT2D eigenvalue weighted by Gasteiger charge is 2.12. The fourth-order valence-corrected chi connectivity index (χ4v) is 1.82. The van der Waals surface area contributed by atoms with Crippen molar-refractivity contribution in [1.29, 1.82) is 0 Å². The molecule has 0 saturated heterocycles. The first-order valence-corrected chi connectivity index (χ1v) is 5.53. The number of thiophene rings is 1. The molecule has 84 valence electrons. The molecule has 5 heteroatoms. The Labute approximate surface area is 92.7 Å². The Balaban J connectivity index is 2.47. The highest BCUT2D eigenvalue weighted by Crippen LogP contribution is 2.23. The summed E-state index contributed by atoms with van der Waals surface area (Å²) in [6, 6.07) is 1.62. The van der Waals surface area contributed by atoms with Crippen molar-refractivity contribution in [3.05, 3.63) is 15.8 Å². The van der Waals surface area contributed by atoms with E-state index in [4.69, 9.17) is 15.6 Å². The average Bonchev–Trinajstić information content (AvgIpc) is 2.46. The first-order valence-electron chi connectivity index (χ1n) is 4.71. The lowest BCUT2D eigenvalue weighted by atomic mass is 10.3. The minimum absolute atomic E-state index is 0.230. The number of nitrogens with two attached hydrogens (primary N) is 1. The number of aliphatic hydroxyl groups excluding tert-OH is 1. The lowest BCUT2D eigenvalue weighted by molar-refractivity contribution is 0.0450. The van der Waals surface area contributed by atoms with Crippen molar-refractivity contribution in [3.8, 4) is 0 Å². The minimum Gasteiger partial charge on any atom is -0.461 e. The molecule has 0 aliphatic carbocycles. The van der Waals surface area contributed by atoms with Gasteiger partial charge in [0.05, 0.1) is 12.7 Å². The van der Waals surface area contributed by atoms with Crippen LogP contribution in [0.25, 0.3) is 0 Å². The number of ether oxygens (including phenoxy) is 1. The summed E-state index contributed by atoms with van der Waals surface area (Å²) in [7, 11) is 0. The molecule has 0 bridgehead atoms. The van der Waals surface area contributed by atoms with Gasteiger partial charge in [-0.2, -0.15) is 0 Å². The Morgan fingerprint density at radius 2 is 2.40 bits per heavy atom. The van der Waals surface area contributed by atoms with E-state index >= 15 is 0 Å². The van der Waals surface area contributed by atoms with Gasteiger partial charge in [0, 0.05) is 17.0 Å². The molecule has 0 radical (unpaired) electrons. The molecule has 1 aromatic rings. The number of anilines is 1. The van der Waals surface area contributed by atoms with Crippen LogP contribution in [0.1, 0.15) is 27.9 Å². The first kappa shape index (κ1) is 12.0.